The predicted molar refractivity (Wildman–Crippen MR) is 76.0 cm³/mol. The second kappa shape index (κ2) is 5.01. The number of aryl methyl sites for hydroxylation is 1. The molecule has 0 radical (unpaired) electrons. The molecule has 7 heteroatoms. The first kappa shape index (κ1) is 12.7. The van der Waals surface area contributed by atoms with Crippen molar-refractivity contribution >= 4 is 34.7 Å². The highest BCUT2D eigenvalue weighted by atomic mass is 32.1. The van der Waals surface area contributed by atoms with Crippen LogP contribution in [0.1, 0.15) is 22.3 Å². The summed E-state index contributed by atoms with van der Waals surface area (Å²) in [5.41, 5.74) is 2.02. The Bertz CT molecular complexity index is 683. The lowest BCUT2D eigenvalue weighted by Gasteiger charge is -2.28. The number of amides is 2. The van der Waals surface area contributed by atoms with Gasteiger partial charge >= 0.3 is 0 Å². The van der Waals surface area contributed by atoms with Crippen LogP contribution in [0.2, 0.25) is 0 Å². The molecule has 20 heavy (non-hydrogen) atoms. The SMILES string of the molecule is CCc1nnsc1C(=O)N1CC(=O)Nc2ccccc21. The van der Waals surface area contributed by atoms with Crippen molar-refractivity contribution in [1.29, 1.82) is 0 Å². The van der Waals surface area contributed by atoms with Crippen molar-refractivity contribution in [2.45, 2.75) is 13.3 Å². The summed E-state index contributed by atoms with van der Waals surface area (Å²) >= 11 is 1.07. The van der Waals surface area contributed by atoms with E-state index in [0.717, 1.165) is 11.5 Å². The van der Waals surface area contributed by atoms with Gasteiger partial charge in [-0.1, -0.05) is 23.5 Å². The molecule has 1 N–H and O–H groups in total. The van der Waals surface area contributed by atoms with Crippen LogP contribution in [0.3, 0.4) is 0 Å². The Labute approximate surface area is 119 Å². The molecule has 2 heterocycles. The number of para-hydroxylation sites is 2. The van der Waals surface area contributed by atoms with Crippen LogP contribution in [0, 0.1) is 0 Å². The Hall–Kier alpha value is -2.28. The Morgan fingerprint density at radius 1 is 1.45 bits per heavy atom. The van der Waals surface area contributed by atoms with Crippen LogP contribution in [0.5, 0.6) is 0 Å². The van der Waals surface area contributed by atoms with E-state index in [2.05, 4.69) is 14.9 Å². The molecular weight excluding hydrogens is 276 g/mol. The number of nitrogens with one attached hydrogen (secondary N) is 1. The molecule has 0 spiro atoms. The van der Waals surface area contributed by atoms with Gasteiger partial charge in [-0.25, -0.2) is 0 Å². The molecule has 1 aliphatic heterocycles. The zero-order valence-corrected chi connectivity index (χ0v) is 11.6. The van der Waals surface area contributed by atoms with E-state index in [-0.39, 0.29) is 18.4 Å². The molecular formula is C13H12N4O2S. The molecule has 0 saturated heterocycles. The van der Waals surface area contributed by atoms with Crippen LogP contribution in [-0.4, -0.2) is 27.9 Å². The molecule has 2 aromatic rings. The summed E-state index contributed by atoms with van der Waals surface area (Å²) in [5.74, 6) is -0.424. The smallest absolute Gasteiger partial charge is 0.272 e. The van der Waals surface area contributed by atoms with E-state index < -0.39 is 0 Å². The maximum Gasteiger partial charge on any atom is 0.272 e. The van der Waals surface area contributed by atoms with Crippen molar-refractivity contribution in [2.24, 2.45) is 0 Å². The largest absolute Gasteiger partial charge is 0.323 e. The fraction of sp³-hybridized carbons (Fsp3) is 0.231. The van der Waals surface area contributed by atoms with Gasteiger partial charge in [0, 0.05) is 0 Å². The zero-order chi connectivity index (χ0) is 14.1. The maximum atomic E-state index is 12.6. The van der Waals surface area contributed by atoms with Crippen molar-refractivity contribution in [3.8, 4) is 0 Å². The van der Waals surface area contributed by atoms with Gasteiger partial charge < -0.3 is 5.32 Å². The average Bonchev–Trinajstić information content (AvgIpc) is 2.94. The molecule has 1 aromatic heterocycles. The Morgan fingerprint density at radius 3 is 3.05 bits per heavy atom. The van der Waals surface area contributed by atoms with Gasteiger partial charge in [0.15, 0.2) is 0 Å². The monoisotopic (exact) mass is 288 g/mol. The predicted octanol–water partition coefficient (Wildman–Crippen LogP) is 1.70. The molecule has 0 fully saturated rings. The van der Waals surface area contributed by atoms with Crippen LogP contribution in [0.4, 0.5) is 11.4 Å². The van der Waals surface area contributed by atoms with Gasteiger partial charge in [0.25, 0.3) is 5.91 Å². The molecule has 6 nitrogen and oxygen atoms in total. The Kier molecular flexibility index (Phi) is 3.19. The van der Waals surface area contributed by atoms with Gasteiger partial charge in [-0.3, -0.25) is 14.5 Å². The number of carbonyl (C=O) groups is 2. The minimum Gasteiger partial charge on any atom is -0.323 e. The molecule has 1 aliphatic rings. The van der Waals surface area contributed by atoms with Gasteiger partial charge in [-0.2, -0.15) is 0 Å². The lowest BCUT2D eigenvalue weighted by molar-refractivity contribution is -0.115. The molecule has 0 unspecified atom stereocenters. The van der Waals surface area contributed by atoms with E-state index in [1.54, 1.807) is 6.07 Å². The number of hydrogen-bond acceptors (Lipinski definition) is 5. The first-order valence-corrected chi connectivity index (χ1v) is 7.00. The van der Waals surface area contributed by atoms with Gasteiger partial charge in [-0.05, 0) is 30.1 Å². The van der Waals surface area contributed by atoms with Gasteiger partial charge in [0.1, 0.15) is 11.4 Å². The number of carbonyl (C=O) groups excluding carboxylic acids is 2. The van der Waals surface area contributed by atoms with Crippen LogP contribution < -0.4 is 10.2 Å². The summed E-state index contributed by atoms with van der Waals surface area (Å²) in [6.45, 7) is 1.93. The number of hydrogen-bond donors (Lipinski definition) is 1. The third kappa shape index (κ3) is 2.05. The highest BCUT2D eigenvalue weighted by Gasteiger charge is 2.29. The number of fused-ring (bicyclic) bond motifs is 1. The van der Waals surface area contributed by atoms with E-state index in [4.69, 9.17) is 0 Å². The summed E-state index contributed by atoms with van der Waals surface area (Å²) < 4.78 is 3.83. The standard InChI is InChI=1S/C13H12N4O2S/c1-2-8-12(20-16-15-8)13(19)17-7-11(18)14-9-5-3-4-6-10(9)17/h3-6H,2,7H2,1H3,(H,14,18). The third-order valence-electron chi connectivity index (χ3n) is 3.10. The zero-order valence-electron chi connectivity index (χ0n) is 10.8. The lowest BCUT2D eigenvalue weighted by atomic mass is 10.1. The lowest BCUT2D eigenvalue weighted by Crippen LogP contribution is -2.42. The minimum absolute atomic E-state index is 0.0108. The number of benzene rings is 1. The first-order valence-electron chi connectivity index (χ1n) is 6.22. The van der Waals surface area contributed by atoms with E-state index in [0.29, 0.717) is 28.4 Å². The summed E-state index contributed by atoms with van der Waals surface area (Å²) in [5, 5.41) is 6.70. The van der Waals surface area contributed by atoms with Crippen LogP contribution in [0.25, 0.3) is 0 Å². The number of anilines is 2. The Morgan fingerprint density at radius 2 is 2.25 bits per heavy atom. The van der Waals surface area contributed by atoms with Crippen molar-refractivity contribution in [3.05, 3.63) is 34.8 Å². The number of aromatic nitrogens is 2. The molecule has 0 bridgehead atoms. The van der Waals surface area contributed by atoms with Crippen molar-refractivity contribution < 1.29 is 9.59 Å². The van der Waals surface area contributed by atoms with E-state index in [1.165, 1.54) is 4.90 Å². The van der Waals surface area contributed by atoms with Crippen LogP contribution >= 0.6 is 11.5 Å². The van der Waals surface area contributed by atoms with Gasteiger partial charge in [0.05, 0.1) is 17.1 Å². The topological polar surface area (TPSA) is 75.2 Å². The minimum atomic E-state index is -0.223. The number of nitrogens with zero attached hydrogens (tertiary/aromatic N) is 3. The molecule has 3 rings (SSSR count). The van der Waals surface area contributed by atoms with Gasteiger partial charge in [0.2, 0.25) is 5.91 Å². The van der Waals surface area contributed by atoms with Crippen LogP contribution in [0.15, 0.2) is 24.3 Å². The van der Waals surface area contributed by atoms with Crippen LogP contribution in [-0.2, 0) is 11.2 Å². The molecule has 1 aromatic carbocycles. The van der Waals surface area contributed by atoms with E-state index in [1.807, 2.05) is 25.1 Å². The second-order valence-electron chi connectivity index (χ2n) is 4.36. The summed E-state index contributed by atoms with van der Waals surface area (Å²) in [7, 11) is 0. The Balaban J connectivity index is 2.02. The molecule has 102 valence electrons. The quantitative estimate of drug-likeness (QED) is 0.912. The van der Waals surface area contributed by atoms with E-state index >= 15 is 0 Å². The molecule has 0 atom stereocenters. The first-order chi connectivity index (χ1) is 9.70. The average molecular weight is 288 g/mol. The van der Waals surface area contributed by atoms with Crippen molar-refractivity contribution in [2.75, 3.05) is 16.8 Å². The van der Waals surface area contributed by atoms with Gasteiger partial charge in [-0.15, -0.1) is 5.10 Å². The molecule has 0 saturated carbocycles. The summed E-state index contributed by atoms with van der Waals surface area (Å²) in [4.78, 5) is 26.3. The summed E-state index contributed by atoms with van der Waals surface area (Å²) in [6, 6.07) is 7.24. The number of rotatable bonds is 2. The fourth-order valence-corrected chi connectivity index (χ4v) is 2.84. The summed E-state index contributed by atoms with van der Waals surface area (Å²) in [6.07, 6.45) is 0.638. The fourth-order valence-electron chi connectivity index (χ4n) is 2.14. The molecule has 0 aliphatic carbocycles. The molecule has 2 amide bonds. The highest BCUT2D eigenvalue weighted by molar-refractivity contribution is 7.08. The van der Waals surface area contributed by atoms with Crippen molar-refractivity contribution in [3.63, 3.8) is 0 Å². The highest BCUT2D eigenvalue weighted by Crippen LogP contribution is 2.30. The second-order valence-corrected chi connectivity index (χ2v) is 5.11. The maximum absolute atomic E-state index is 12.6. The third-order valence-corrected chi connectivity index (χ3v) is 3.86. The normalized spacial score (nSPS) is 13.8. The van der Waals surface area contributed by atoms with Crippen molar-refractivity contribution in [1.82, 2.24) is 9.59 Å². The van der Waals surface area contributed by atoms with E-state index in [9.17, 15) is 9.59 Å².